The first-order chi connectivity index (χ1) is 12.7. The van der Waals surface area contributed by atoms with Gasteiger partial charge in [0.1, 0.15) is 5.75 Å². The van der Waals surface area contributed by atoms with Crippen molar-refractivity contribution in [2.24, 2.45) is 0 Å². The zero-order valence-corrected chi connectivity index (χ0v) is 14.2. The molecule has 3 aromatic rings. The predicted octanol–water partition coefficient (Wildman–Crippen LogP) is 3.32. The first kappa shape index (κ1) is 17.2. The Labute approximate surface area is 151 Å². The highest BCUT2D eigenvalue weighted by atomic mass is 16.5. The number of rotatable bonds is 4. The maximum absolute atomic E-state index is 12.1. The monoisotopic (exact) mass is 346 g/mol. The predicted molar refractivity (Wildman–Crippen MR) is 102 cm³/mol. The van der Waals surface area contributed by atoms with Crippen molar-refractivity contribution in [3.8, 4) is 5.75 Å². The van der Waals surface area contributed by atoms with Crippen molar-refractivity contribution in [2.75, 3.05) is 7.11 Å². The Morgan fingerprint density at radius 3 is 2.46 bits per heavy atom. The lowest BCUT2D eigenvalue weighted by molar-refractivity contribution is -0.117. The molecule has 0 unspecified atom stereocenters. The zero-order valence-electron chi connectivity index (χ0n) is 14.2. The van der Waals surface area contributed by atoms with Crippen molar-refractivity contribution in [3.63, 3.8) is 0 Å². The largest absolute Gasteiger partial charge is 0.496 e. The van der Waals surface area contributed by atoms with Gasteiger partial charge in [-0.1, -0.05) is 54.6 Å². The number of nitrogens with one attached hydrogen (secondary N) is 2. The van der Waals surface area contributed by atoms with Crippen molar-refractivity contribution in [2.45, 2.75) is 0 Å². The highest BCUT2D eigenvalue weighted by molar-refractivity contribution is 6.00. The van der Waals surface area contributed by atoms with Gasteiger partial charge in [0.15, 0.2) is 0 Å². The molecule has 0 aliphatic carbocycles. The second-order valence-electron chi connectivity index (χ2n) is 5.55. The van der Waals surface area contributed by atoms with Crippen molar-refractivity contribution in [1.82, 2.24) is 10.9 Å². The number of carbonyl (C=O) groups is 2. The number of hydrazine groups is 1. The first-order valence-corrected chi connectivity index (χ1v) is 8.08. The van der Waals surface area contributed by atoms with Crippen LogP contribution in [0.25, 0.3) is 16.8 Å². The van der Waals surface area contributed by atoms with E-state index in [9.17, 15) is 9.59 Å². The number of carbonyl (C=O) groups excluding carboxylic acids is 2. The maximum atomic E-state index is 12.1. The van der Waals surface area contributed by atoms with E-state index in [0.29, 0.717) is 11.3 Å². The molecule has 0 radical (unpaired) electrons. The van der Waals surface area contributed by atoms with E-state index >= 15 is 0 Å². The van der Waals surface area contributed by atoms with E-state index in [1.54, 1.807) is 30.3 Å². The third-order valence-corrected chi connectivity index (χ3v) is 3.89. The van der Waals surface area contributed by atoms with Crippen LogP contribution in [0.15, 0.2) is 72.8 Å². The average Bonchev–Trinajstić information content (AvgIpc) is 2.70. The normalized spacial score (nSPS) is 10.7. The fourth-order valence-corrected chi connectivity index (χ4v) is 2.62. The minimum atomic E-state index is -0.450. The number of ether oxygens (including phenoxy) is 1. The van der Waals surface area contributed by atoms with Crippen molar-refractivity contribution in [3.05, 3.63) is 83.9 Å². The second kappa shape index (κ2) is 7.98. The third kappa shape index (κ3) is 3.89. The molecule has 130 valence electrons. The van der Waals surface area contributed by atoms with Crippen LogP contribution in [0.1, 0.15) is 15.9 Å². The molecule has 0 atom stereocenters. The molecule has 3 aromatic carbocycles. The van der Waals surface area contributed by atoms with E-state index in [1.807, 2.05) is 42.5 Å². The van der Waals surface area contributed by atoms with Crippen LogP contribution < -0.4 is 15.6 Å². The van der Waals surface area contributed by atoms with Crippen molar-refractivity contribution in [1.29, 1.82) is 0 Å². The van der Waals surface area contributed by atoms with E-state index in [1.165, 1.54) is 13.2 Å². The topological polar surface area (TPSA) is 67.4 Å². The van der Waals surface area contributed by atoms with E-state index in [-0.39, 0.29) is 0 Å². The molecule has 0 aromatic heterocycles. The molecule has 0 aliphatic rings. The van der Waals surface area contributed by atoms with Gasteiger partial charge < -0.3 is 4.74 Å². The van der Waals surface area contributed by atoms with Gasteiger partial charge in [-0.15, -0.1) is 0 Å². The molecule has 3 rings (SSSR count). The Bertz CT molecular complexity index is 974. The van der Waals surface area contributed by atoms with Crippen LogP contribution in [0.3, 0.4) is 0 Å². The van der Waals surface area contributed by atoms with Gasteiger partial charge in [0.25, 0.3) is 11.8 Å². The van der Waals surface area contributed by atoms with Crippen LogP contribution in [-0.2, 0) is 4.79 Å². The molecule has 0 aliphatic heterocycles. The lowest BCUT2D eigenvalue weighted by Gasteiger charge is -2.09. The number of hydrogen-bond donors (Lipinski definition) is 2. The summed E-state index contributed by atoms with van der Waals surface area (Å²) in [5.41, 5.74) is 6.01. The lowest BCUT2D eigenvalue weighted by Crippen LogP contribution is -2.40. The molecule has 0 fully saturated rings. The SMILES string of the molecule is COc1ccccc1C(=O)NNC(=O)/C=C/c1cccc2ccccc12. The summed E-state index contributed by atoms with van der Waals surface area (Å²) in [6, 6.07) is 20.6. The Morgan fingerprint density at radius 1 is 0.885 bits per heavy atom. The molecule has 0 bridgehead atoms. The molecule has 5 heteroatoms. The van der Waals surface area contributed by atoms with Gasteiger partial charge in [-0.3, -0.25) is 20.4 Å². The van der Waals surface area contributed by atoms with Gasteiger partial charge in [-0.05, 0) is 34.5 Å². The highest BCUT2D eigenvalue weighted by Crippen LogP contribution is 2.19. The number of hydrogen-bond acceptors (Lipinski definition) is 3. The van der Waals surface area contributed by atoms with Crippen LogP contribution >= 0.6 is 0 Å². The van der Waals surface area contributed by atoms with Gasteiger partial charge in [-0.2, -0.15) is 0 Å². The standard InChI is InChI=1S/C21H18N2O3/c1-26-19-12-5-4-11-18(19)21(25)23-22-20(24)14-13-16-9-6-8-15-7-2-3-10-17(15)16/h2-14H,1H3,(H,22,24)(H,23,25)/b14-13+. The smallest absolute Gasteiger partial charge is 0.273 e. The number of amides is 2. The molecule has 2 N–H and O–H groups in total. The quantitative estimate of drug-likeness (QED) is 0.562. The van der Waals surface area contributed by atoms with E-state index < -0.39 is 11.8 Å². The Kier molecular flexibility index (Phi) is 5.29. The lowest BCUT2D eigenvalue weighted by atomic mass is 10.0. The summed E-state index contributed by atoms with van der Waals surface area (Å²) in [6.45, 7) is 0. The summed E-state index contributed by atoms with van der Waals surface area (Å²) >= 11 is 0. The number of para-hydroxylation sites is 1. The van der Waals surface area contributed by atoms with Crippen LogP contribution in [0.4, 0.5) is 0 Å². The zero-order chi connectivity index (χ0) is 18.4. The molecule has 0 saturated carbocycles. The molecule has 5 nitrogen and oxygen atoms in total. The summed E-state index contributed by atoms with van der Waals surface area (Å²) < 4.78 is 5.13. The second-order valence-corrected chi connectivity index (χ2v) is 5.55. The van der Waals surface area contributed by atoms with Crippen LogP contribution in [-0.4, -0.2) is 18.9 Å². The number of methoxy groups -OCH3 is 1. The van der Waals surface area contributed by atoms with Crippen molar-refractivity contribution < 1.29 is 14.3 Å². The van der Waals surface area contributed by atoms with Gasteiger partial charge in [0, 0.05) is 6.08 Å². The van der Waals surface area contributed by atoms with Gasteiger partial charge in [-0.25, -0.2) is 0 Å². The van der Waals surface area contributed by atoms with E-state index in [0.717, 1.165) is 16.3 Å². The Balaban J connectivity index is 1.65. The van der Waals surface area contributed by atoms with Gasteiger partial charge >= 0.3 is 0 Å². The van der Waals surface area contributed by atoms with Crippen LogP contribution in [0, 0.1) is 0 Å². The molecule has 0 saturated heterocycles. The minimum Gasteiger partial charge on any atom is -0.496 e. The molecule has 0 heterocycles. The highest BCUT2D eigenvalue weighted by Gasteiger charge is 2.11. The van der Waals surface area contributed by atoms with E-state index in [2.05, 4.69) is 10.9 Å². The Hall–Kier alpha value is -3.60. The summed E-state index contributed by atoms with van der Waals surface area (Å²) in [5, 5.41) is 2.15. The van der Waals surface area contributed by atoms with Gasteiger partial charge in [0.2, 0.25) is 0 Å². The summed E-state index contributed by atoms with van der Waals surface area (Å²) in [4.78, 5) is 24.1. The molecule has 0 spiro atoms. The van der Waals surface area contributed by atoms with Gasteiger partial charge in [0.05, 0.1) is 12.7 Å². The minimum absolute atomic E-state index is 0.341. The Morgan fingerprint density at radius 2 is 1.62 bits per heavy atom. The molecular weight excluding hydrogens is 328 g/mol. The summed E-state index contributed by atoms with van der Waals surface area (Å²) in [7, 11) is 1.48. The third-order valence-electron chi connectivity index (χ3n) is 3.89. The molecule has 26 heavy (non-hydrogen) atoms. The first-order valence-electron chi connectivity index (χ1n) is 8.08. The number of benzene rings is 3. The number of fused-ring (bicyclic) bond motifs is 1. The summed E-state index contributed by atoms with van der Waals surface area (Å²) in [5.74, 6) is -0.443. The fourth-order valence-electron chi connectivity index (χ4n) is 2.62. The average molecular weight is 346 g/mol. The molecule has 2 amide bonds. The summed E-state index contributed by atoms with van der Waals surface area (Å²) in [6.07, 6.45) is 3.09. The molecular formula is C21H18N2O3. The van der Waals surface area contributed by atoms with Crippen LogP contribution in [0.2, 0.25) is 0 Å². The van der Waals surface area contributed by atoms with Crippen LogP contribution in [0.5, 0.6) is 5.75 Å². The fraction of sp³-hybridized carbons (Fsp3) is 0.0476. The van der Waals surface area contributed by atoms with E-state index in [4.69, 9.17) is 4.74 Å². The van der Waals surface area contributed by atoms with Crippen molar-refractivity contribution >= 4 is 28.7 Å². The maximum Gasteiger partial charge on any atom is 0.273 e.